The number of hydrogen-bond acceptors (Lipinski definition) is 8. The largest absolute Gasteiger partial charge is 0.495 e. The lowest BCUT2D eigenvalue weighted by molar-refractivity contribution is 0.0928. The highest BCUT2D eigenvalue weighted by molar-refractivity contribution is 7.22. The fraction of sp³-hybridized carbons (Fsp3) is 0.368. The number of rotatable bonds is 5. The molecule has 1 fully saturated rings. The molecule has 3 aromatic rings. The Morgan fingerprint density at radius 1 is 1.25 bits per heavy atom. The molecule has 1 atom stereocenters. The van der Waals surface area contributed by atoms with E-state index in [1.165, 1.54) is 6.33 Å². The van der Waals surface area contributed by atoms with E-state index < -0.39 is 0 Å². The highest BCUT2D eigenvalue weighted by atomic mass is 32.1. The van der Waals surface area contributed by atoms with E-state index in [1.54, 1.807) is 37.8 Å². The molecule has 3 heterocycles. The van der Waals surface area contributed by atoms with Crippen molar-refractivity contribution in [1.29, 1.82) is 0 Å². The Balaban J connectivity index is 1.54. The third-order valence-corrected chi connectivity index (χ3v) is 5.87. The molecule has 1 unspecified atom stereocenters. The first-order valence-corrected chi connectivity index (χ1v) is 9.84. The first-order chi connectivity index (χ1) is 13.7. The third kappa shape index (κ3) is 3.57. The topological polar surface area (TPSA) is 89.5 Å². The van der Waals surface area contributed by atoms with E-state index in [9.17, 15) is 4.79 Å². The molecule has 1 aliphatic heterocycles. The summed E-state index contributed by atoms with van der Waals surface area (Å²) in [5.41, 5.74) is 1.18. The van der Waals surface area contributed by atoms with Crippen LogP contribution in [0.4, 0.5) is 5.13 Å². The molecule has 0 bridgehead atoms. The van der Waals surface area contributed by atoms with Gasteiger partial charge in [0.2, 0.25) is 0 Å². The van der Waals surface area contributed by atoms with Crippen LogP contribution in [0.2, 0.25) is 0 Å². The van der Waals surface area contributed by atoms with E-state index in [0.717, 1.165) is 46.2 Å². The average Bonchev–Trinajstić information content (AvgIpc) is 3.19. The van der Waals surface area contributed by atoms with Crippen LogP contribution in [0.15, 0.2) is 30.7 Å². The summed E-state index contributed by atoms with van der Waals surface area (Å²) in [4.78, 5) is 27.3. The van der Waals surface area contributed by atoms with Gasteiger partial charge in [-0.1, -0.05) is 11.3 Å². The van der Waals surface area contributed by atoms with Crippen LogP contribution in [0.5, 0.6) is 11.5 Å². The predicted molar refractivity (Wildman–Crippen MR) is 107 cm³/mol. The fourth-order valence-corrected chi connectivity index (χ4v) is 4.47. The van der Waals surface area contributed by atoms with Crippen molar-refractivity contribution < 1.29 is 14.3 Å². The van der Waals surface area contributed by atoms with Gasteiger partial charge in [0.15, 0.2) is 5.13 Å². The molecule has 0 saturated carbocycles. The van der Waals surface area contributed by atoms with Gasteiger partial charge in [-0.05, 0) is 31.0 Å². The maximum atomic E-state index is 12.4. The van der Waals surface area contributed by atoms with Crippen molar-refractivity contribution in [2.45, 2.75) is 18.9 Å². The predicted octanol–water partition coefficient (Wildman–Crippen LogP) is 2.50. The second-order valence-corrected chi connectivity index (χ2v) is 7.48. The van der Waals surface area contributed by atoms with Crippen LogP contribution < -0.4 is 19.7 Å². The zero-order valence-corrected chi connectivity index (χ0v) is 16.5. The normalized spacial score (nSPS) is 16.8. The number of carbonyl (C=O) groups is 1. The zero-order chi connectivity index (χ0) is 19.5. The minimum Gasteiger partial charge on any atom is -0.495 e. The van der Waals surface area contributed by atoms with Gasteiger partial charge in [0.05, 0.1) is 14.2 Å². The molecular formula is C19H21N5O3S. The quantitative estimate of drug-likeness (QED) is 0.705. The summed E-state index contributed by atoms with van der Waals surface area (Å²) in [7, 11) is 3.29. The van der Waals surface area contributed by atoms with Gasteiger partial charge < -0.3 is 19.7 Å². The van der Waals surface area contributed by atoms with Gasteiger partial charge in [-0.25, -0.2) is 15.0 Å². The Morgan fingerprint density at radius 3 is 2.82 bits per heavy atom. The number of nitrogens with one attached hydrogen (secondary N) is 1. The van der Waals surface area contributed by atoms with Gasteiger partial charge in [-0.3, -0.25) is 4.79 Å². The summed E-state index contributed by atoms with van der Waals surface area (Å²) >= 11 is 1.58. The molecule has 0 radical (unpaired) electrons. The van der Waals surface area contributed by atoms with E-state index in [0.29, 0.717) is 12.2 Å². The lowest BCUT2D eigenvalue weighted by Gasteiger charge is -2.32. The van der Waals surface area contributed by atoms with Crippen LogP contribution in [0.25, 0.3) is 10.2 Å². The van der Waals surface area contributed by atoms with Gasteiger partial charge in [0.25, 0.3) is 5.91 Å². The number of piperidine rings is 1. The molecule has 146 valence electrons. The number of ether oxygens (including phenoxy) is 2. The maximum Gasteiger partial charge on any atom is 0.270 e. The van der Waals surface area contributed by atoms with E-state index in [-0.39, 0.29) is 11.9 Å². The lowest BCUT2D eigenvalue weighted by atomic mass is 10.1. The second kappa shape index (κ2) is 7.97. The van der Waals surface area contributed by atoms with Crippen LogP contribution >= 0.6 is 11.3 Å². The van der Waals surface area contributed by atoms with E-state index in [4.69, 9.17) is 14.5 Å². The number of methoxy groups -OCH3 is 2. The number of anilines is 1. The maximum absolute atomic E-state index is 12.4. The molecule has 0 spiro atoms. The highest BCUT2D eigenvalue weighted by Gasteiger charge is 2.25. The Hall–Kier alpha value is -2.94. The number of carbonyl (C=O) groups excluding carboxylic acids is 1. The van der Waals surface area contributed by atoms with E-state index >= 15 is 0 Å². The number of benzene rings is 1. The molecule has 2 aromatic heterocycles. The van der Waals surface area contributed by atoms with Gasteiger partial charge in [-0.2, -0.15) is 0 Å². The molecule has 1 amide bonds. The molecule has 9 heteroatoms. The second-order valence-electron chi connectivity index (χ2n) is 6.50. The van der Waals surface area contributed by atoms with Gasteiger partial charge >= 0.3 is 0 Å². The van der Waals surface area contributed by atoms with Crippen molar-refractivity contribution in [3.8, 4) is 11.5 Å². The number of hydrogen-bond donors (Lipinski definition) is 1. The van der Waals surface area contributed by atoms with Crippen LogP contribution in [-0.2, 0) is 0 Å². The number of thiazole rings is 1. The molecule has 8 nitrogen and oxygen atoms in total. The van der Waals surface area contributed by atoms with Gasteiger partial charge in [-0.15, -0.1) is 0 Å². The van der Waals surface area contributed by atoms with Gasteiger partial charge in [0, 0.05) is 25.3 Å². The Labute approximate surface area is 166 Å². The van der Waals surface area contributed by atoms with Crippen molar-refractivity contribution >= 4 is 32.6 Å². The van der Waals surface area contributed by atoms with Crippen LogP contribution in [0, 0.1) is 0 Å². The first-order valence-electron chi connectivity index (χ1n) is 9.03. The number of nitrogens with zero attached hydrogens (tertiary/aromatic N) is 4. The van der Waals surface area contributed by atoms with Crippen LogP contribution in [0.3, 0.4) is 0 Å². The Kier molecular flexibility index (Phi) is 5.25. The number of amides is 1. The van der Waals surface area contributed by atoms with E-state index in [1.807, 2.05) is 12.1 Å². The Morgan fingerprint density at radius 2 is 2.07 bits per heavy atom. The monoisotopic (exact) mass is 399 g/mol. The number of fused-ring (bicyclic) bond motifs is 1. The van der Waals surface area contributed by atoms with Crippen molar-refractivity contribution in [3.05, 3.63) is 36.4 Å². The molecule has 1 N–H and O–H groups in total. The highest BCUT2D eigenvalue weighted by Crippen LogP contribution is 2.40. The molecule has 1 aliphatic rings. The molecule has 4 rings (SSSR count). The van der Waals surface area contributed by atoms with Crippen molar-refractivity contribution in [2.24, 2.45) is 0 Å². The molecular weight excluding hydrogens is 378 g/mol. The lowest BCUT2D eigenvalue weighted by Crippen LogP contribution is -2.48. The van der Waals surface area contributed by atoms with Gasteiger partial charge in [0.1, 0.15) is 33.7 Å². The summed E-state index contributed by atoms with van der Waals surface area (Å²) in [5.74, 6) is 1.33. The summed E-state index contributed by atoms with van der Waals surface area (Å²) in [6, 6.07) is 5.41. The first kappa shape index (κ1) is 18.4. The standard InChI is InChI=1S/C19H21N5O3S/c1-26-14-5-6-15(27-2)17-16(14)23-19(28-17)24-9-3-4-12(10-24)22-18(25)13-7-8-20-11-21-13/h5-8,11-12H,3-4,9-10H2,1-2H3,(H,22,25). The zero-order valence-electron chi connectivity index (χ0n) is 15.7. The van der Waals surface area contributed by atoms with Crippen molar-refractivity contribution in [1.82, 2.24) is 20.3 Å². The minimum atomic E-state index is -0.179. The van der Waals surface area contributed by atoms with Crippen molar-refractivity contribution in [3.63, 3.8) is 0 Å². The average molecular weight is 399 g/mol. The minimum absolute atomic E-state index is 0.0343. The number of aromatic nitrogens is 3. The van der Waals surface area contributed by atoms with Crippen LogP contribution in [0.1, 0.15) is 23.3 Å². The van der Waals surface area contributed by atoms with Crippen LogP contribution in [-0.4, -0.2) is 54.2 Å². The molecule has 28 heavy (non-hydrogen) atoms. The fourth-order valence-electron chi connectivity index (χ4n) is 3.36. The van der Waals surface area contributed by atoms with E-state index in [2.05, 4.69) is 20.2 Å². The SMILES string of the molecule is COc1ccc(OC)c2sc(N3CCCC(NC(=O)c4ccncn4)C3)nc12. The smallest absolute Gasteiger partial charge is 0.270 e. The summed E-state index contributed by atoms with van der Waals surface area (Å²) < 4.78 is 11.9. The molecule has 1 aromatic carbocycles. The molecule has 0 aliphatic carbocycles. The summed E-state index contributed by atoms with van der Waals surface area (Å²) in [6.07, 6.45) is 4.84. The summed E-state index contributed by atoms with van der Waals surface area (Å²) in [6.45, 7) is 1.59. The molecule has 1 saturated heterocycles. The summed E-state index contributed by atoms with van der Waals surface area (Å²) in [5, 5.41) is 3.97. The third-order valence-electron chi connectivity index (χ3n) is 4.74. The van der Waals surface area contributed by atoms with Crippen molar-refractivity contribution in [2.75, 3.05) is 32.2 Å². The Bertz CT molecular complexity index is 937.